The van der Waals surface area contributed by atoms with E-state index in [2.05, 4.69) is 10.3 Å². The second-order valence-corrected chi connectivity index (χ2v) is 3.86. The number of hydrogen-bond acceptors (Lipinski definition) is 6. The van der Waals surface area contributed by atoms with Crippen molar-refractivity contribution in [2.45, 2.75) is 20.3 Å². The molecule has 0 aliphatic rings. The minimum Gasteiger partial charge on any atom is -0.396 e. The molecule has 3 N–H and O–H groups in total. The first-order valence-electron chi connectivity index (χ1n) is 4.77. The van der Waals surface area contributed by atoms with Gasteiger partial charge in [0, 0.05) is 18.8 Å². The Morgan fingerprint density at radius 1 is 1.50 bits per heavy atom. The molecule has 0 atom stereocenters. The molecule has 0 radical (unpaired) electrons. The van der Waals surface area contributed by atoms with Gasteiger partial charge in [-0.3, -0.25) is 4.79 Å². The molecule has 0 aliphatic carbocycles. The summed E-state index contributed by atoms with van der Waals surface area (Å²) in [6.07, 6.45) is 0.573. The van der Waals surface area contributed by atoms with Crippen LogP contribution in [0.4, 0.5) is 0 Å². The normalized spacial score (nSPS) is 12.9. The largest absolute Gasteiger partial charge is 0.396 e. The maximum Gasteiger partial charge on any atom is 0.219 e. The third-order valence-electron chi connectivity index (χ3n) is 1.78. The van der Waals surface area contributed by atoms with Crippen LogP contribution in [0, 0.1) is 0 Å². The Morgan fingerprint density at radius 2 is 2.19 bits per heavy atom. The predicted octanol–water partition coefficient (Wildman–Crippen LogP) is 1.22. The lowest BCUT2D eigenvalue weighted by Crippen LogP contribution is -2.02. The fourth-order valence-corrected chi connectivity index (χ4v) is 1.41. The molecule has 0 aromatic carbocycles. The van der Waals surface area contributed by atoms with Crippen molar-refractivity contribution in [2.75, 3.05) is 19.2 Å². The summed E-state index contributed by atoms with van der Waals surface area (Å²) in [5.74, 6) is 5.15. The quantitative estimate of drug-likeness (QED) is 0.176. The van der Waals surface area contributed by atoms with E-state index in [1.54, 1.807) is 13.8 Å². The molecule has 0 aromatic rings. The van der Waals surface area contributed by atoms with Gasteiger partial charge in [-0.2, -0.15) is 0 Å². The van der Waals surface area contributed by atoms with Gasteiger partial charge < -0.3 is 15.7 Å². The smallest absolute Gasteiger partial charge is 0.219 e. The molecule has 92 valence electrons. The van der Waals surface area contributed by atoms with E-state index in [9.17, 15) is 4.79 Å². The first-order chi connectivity index (χ1) is 7.63. The summed E-state index contributed by atoms with van der Waals surface area (Å²) in [5, 5.41) is 15.1. The molecule has 0 aromatic heterocycles. The van der Waals surface area contributed by atoms with Crippen LogP contribution in [0.1, 0.15) is 20.3 Å². The number of nitrogens with zero attached hydrogens (tertiary/aromatic N) is 2. The number of carbonyl (C=O) groups excluding carboxylic acids is 1. The lowest BCUT2D eigenvalue weighted by Gasteiger charge is -2.03. The Balaban J connectivity index is 3.93. The number of thioether (sulfide) groups is 1. The fraction of sp³-hybridized carbons (Fsp3) is 0.667. The van der Waals surface area contributed by atoms with Gasteiger partial charge in [0.1, 0.15) is 0 Å². The lowest BCUT2D eigenvalue weighted by atomic mass is 10.3. The summed E-state index contributed by atoms with van der Waals surface area (Å²) in [6, 6.07) is 0. The predicted molar refractivity (Wildman–Crippen MR) is 62.5 cm³/mol. The third kappa shape index (κ3) is 6.54. The standard InChI is InChI=1S/C9H17N3O3S/c1-7(8(2)11-12-10)9(14)16-6-15-5-3-4-13/h13H,3-6H2,1-2H3,(H2,10,11)/b8-7+. The van der Waals surface area contributed by atoms with Gasteiger partial charge >= 0.3 is 0 Å². The maximum absolute atomic E-state index is 11.5. The molecule has 0 fully saturated rings. The number of rotatable bonds is 7. The number of aliphatic hydroxyl groups excluding tert-OH is 1. The molecule has 0 rings (SSSR count). The molecule has 0 amide bonds. The first-order valence-corrected chi connectivity index (χ1v) is 5.76. The van der Waals surface area contributed by atoms with Crippen molar-refractivity contribution in [1.82, 2.24) is 0 Å². The molecular weight excluding hydrogens is 230 g/mol. The van der Waals surface area contributed by atoms with Crippen LogP contribution in [-0.4, -0.2) is 29.4 Å². The van der Waals surface area contributed by atoms with Gasteiger partial charge in [0.05, 0.1) is 11.6 Å². The molecule has 16 heavy (non-hydrogen) atoms. The van der Waals surface area contributed by atoms with E-state index >= 15 is 0 Å². The molecule has 7 heteroatoms. The van der Waals surface area contributed by atoms with E-state index < -0.39 is 0 Å². The van der Waals surface area contributed by atoms with Crippen molar-refractivity contribution >= 4 is 16.9 Å². The highest BCUT2D eigenvalue weighted by Crippen LogP contribution is 2.15. The minimum atomic E-state index is -0.117. The Bertz CT molecular complexity index is 279. The fourth-order valence-electron chi connectivity index (χ4n) is 0.738. The van der Waals surface area contributed by atoms with Crippen LogP contribution in [0.2, 0.25) is 0 Å². The van der Waals surface area contributed by atoms with Gasteiger partial charge in [-0.15, -0.1) is 5.11 Å². The van der Waals surface area contributed by atoms with Gasteiger partial charge in [0.15, 0.2) is 0 Å². The SMILES string of the molecule is C/C(N=NN)=C(/C)C(=O)SCOCCCO. The molecule has 0 bridgehead atoms. The van der Waals surface area contributed by atoms with E-state index in [-0.39, 0.29) is 17.7 Å². The zero-order valence-electron chi connectivity index (χ0n) is 9.47. The molecule has 0 spiro atoms. The summed E-state index contributed by atoms with van der Waals surface area (Å²) in [7, 11) is 0. The summed E-state index contributed by atoms with van der Waals surface area (Å²) >= 11 is 1.05. The molecule has 6 nitrogen and oxygen atoms in total. The molecule has 0 heterocycles. The Kier molecular flexibility index (Phi) is 8.78. The Morgan fingerprint density at radius 3 is 2.75 bits per heavy atom. The van der Waals surface area contributed by atoms with Crippen LogP contribution >= 0.6 is 11.8 Å². The van der Waals surface area contributed by atoms with Crippen LogP contribution in [0.15, 0.2) is 21.6 Å². The van der Waals surface area contributed by atoms with Crippen molar-refractivity contribution in [3.05, 3.63) is 11.3 Å². The molecule has 0 unspecified atom stereocenters. The van der Waals surface area contributed by atoms with E-state index in [1.165, 1.54) is 0 Å². The minimum absolute atomic E-state index is 0.0908. The van der Waals surface area contributed by atoms with Gasteiger partial charge in [-0.1, -0.05) is 17.0 Å². The summed E-state index contributed by atoms with van der Waals surface area (Å²) in [5.41, 5.74) is 1.00. The van der Waals surface area contributed by atoms with Gasteiger partial charge in [-0.25, -0.2) is 0 Å². The lowest BCUT2D eigenvalue weighted by molar-refractivity contribution is -0.108. The first kappa shape index (κ1) is 15.1. The van der Waals surface area contributed by atoms with Crippen molar-refractivity contribution < 1.29 is 14.6 Å². The third-order valence-corrected chi connectivity index (χ3v) is 2.63. The molecular formula is C9H17N3O3S. The monoisotopic (exact) mass is 247 g/mol. The van der Waals surface area contributed by atoms with E-state index in [0.29, 0.717) is 24.3 Å². The maximum atomic E-state index is 11.5. The molecule has 0 aliphatic heterocycles. The van der Waals surface area contributed by atoms with Crippen LogP contribution in [0.3, 0.4) is 0 Å². The van der Waals surface area contributed by atoms with Crippen molar-refractivity contribution in [1.29, 1.82) is 0 Å². The highest BCUT2D eigenvalue weighted by molar-refractivity contribution is 8.14. The highest BCUT2D eigenvalue weighted by Gasteiger charge is 2.08. The van der Waals surface area contributed by atoms with E-state index in [1.807, 2.05) is 0 Å². The zero-order valence-corrected chi connectivity index (χ0v) is 10.3. The Labute approximate surface area is 98.9 Å². The van der Waals surface area contributed by atoms with Gasteiger partial charge in [0.2, 0.25) is 5.12 Å². The van der Waals surface area contributed by atoms with Crippen molar-refractivity contribution in [3.63, 3.8) is 0 Å². The average Bonchev–Trinajstić information content (AvgIpc) is 2.27. The number of allylic oxidation sites excluding steroid dienone is 1. The van der Waals surface area contributed by atoms with E-state index in [4.69, 9.17) is 15.7 Å². The van der Waals surface area contributed by atoms with Crippen LogP contribution in [0.25, 0.3) is 0 Å². The number of hydrogen-bond donors (Lipinski definition) is 2. The highest BCUT2D eigenvalue weighted by atomic mass is 32.2. The zero-order chi connectivity index (χ0) is 12.4. The number of ether oxygens (including phenoxy) is 1. The number of aliphatic hydroxyl groups is 1. The van der Waals surface area contributed by atoms with Crippen molar-refractivity contribution in [2.24, 2.45) is 16.2 Å². The number of carbonyl (C=O) groups is 1. The van der Waals surface area contributed by atoms with E-state index in [0.717, 1.165) is 11.8 Å². The number of nitrogens with two attached hydrogens (primary N) is 1. The van der Waals surface area contributed by atoms with Crippen LogP contribution in [-0.2, 0) is 9.53 Å². The second-order valence-electron chi connectivity index (χ2n) is 2.96. The molecule has 0 saturated heterocycles. The van der Waals surface area contributed by atoms with Gasteiger partial charge in [0.25, 0.3) is 0 Å². The molecule has 0 saturated carbocycles. The summed E-state index contributed by atoms with van der Waals surface area (Å²) < 4.78 is 5.12. The average molecular weight is 247 g/mol. The topological polar surface area (TPSA) is 97.3 Å². The second kappa shape index (κ2) is 9.32. The summed E-state index contributed by atoms with van der Waals surface area (Å²) in [6.45, 7) is 3.86. The van der Waals surface area contributed by atoms with Crippen molar-refractivity contribution in [3.8, 4) is 0 Å². The van der Waals surface area contributed by atoms with Gasteiger partial charge in [-0.05, 0) is 20.3 Å². The Hall–Kier alpha value is -0.920. The summed E-state index contributed by atoms with van der Waals surface area (Å²) in [4.78, 5) is 11.5. The van der Waals surface area contributed by atoms with Crippen LogP contribution in [0.5, 0.6) is 0 Å². The van der Waals surface area contributed by atoms with Crippen LogP contribution < -0.4 is 5.84 Å².